The third-order valence-electron chi connectivity index (χ3n) is 2.84. The summed E-state index contributed by atoms with van der Waals surface area (Å²) in [5.41, 5.74) is 7.53. The Kier molecular flexibility index (Phi) is 3.42. The lowest BCUT2D eigenvalue weighted by Crippen LogP contribution is -1.96. The van der Waals surface area contributed by atoms with Crippen LogP contribution in [-0.4, -0.2) is 10.1 Å². The summed E-state index contributed by atoms with van der Waals surface area (Å²) in [4.78, 5) is 4.31. The molecule has 0 radical (unpaired) electrons. The molecule has 0 fully saturated rings. The van der Waals surface area contributed by atoms with Gasteiger partial charge in [0.25, 0.3) is 0 Å². The van der Waals surface area contributed by atoms with E-state index >= 15 is 0 Å². The minimum atomic E-state index is 0.307. The van der Waals surface area contributed by atoms with Gasteiger partial charge in [0.15, 0.2) is 11.6 Å². The molecule has 1 atom stereocenters. The zero-order valence-corrected chi connectivity index (χ0v) is 10.2. The van der Waals surface area contributed by atoms with Crippen LogP contribution in [0.25, 0.3) is 11.3 Å². The fraction of sp³-hybridized carbons (Fsp3) is 0.385. The first-order chi connectivity index (χ1) is 8.24. The first-order valence-corrected chi connectivity index (χ1v) is 5.90. The molecule has 90 valence electrons. The van der Waals surface area contributed by atoms with Gasteiger partial charge in [-0.2, -0.15) is 0 Å². The lowest BCUT2D eigenvalue weighted by molar-refractivity contribution is 0.362. The molecule has 0 spiro atoms. The minimum Gasteiger partial charge on any atom is -0.380 e. The Balaban J connectivity index is 2.43. The molecule has 0 aliphatic rings. The molecule has 2 rings (SSSR count). The summed E-state index contributed by atoms with van der Waals surface area (Å²) in [6.07, 6.45) is 3.90. The SMILES string of the molecule is CCCC(C)c1onc(N)c1-c1ccccn1. The van der Waals surface area contributed by atoms with Crippen LogP contribution < -0.4 is 5.73 Å². The molecule has 0 saturated carbocycles. The van der Waals surface area contributed by atoms with Gasteiger partial charge in [0.05, 0.1) is 11.3 Å². The Hall–Kier alpha value is -1.84. The number of nitrogens with zero attached hydrogens (tertiary/aromatic N) is 2. The van der Waals surface area contributed by atoms with Crippen molar-refractivity contribution in [3.05, 3.63) is 30.2 Å². The molecule has 2 N–H and O–H groups in total. The molecule has 2 heterocycles. The van der Waals surface area contributed by atoms with Gasteiger partial charge in [-0.15, -0.1) is 0 Å². The van der Waals surface area contributed by atoms with Crippen LogP contribution in [0.1, 0.15) is 38.4 Å². The fourth-order valence-electron chi connectivity index (χ4n) is 1.98. The van der Waals surface area contributed by atoms with Crippen LogP contribution in [-0.2, 0) is 0 Å². The van der Waals surface area contributed by atoms with Gasteiger partial charge in [-0.1, -0.05) is 31.5 Å². The number of nitrogens with two attached hydrogens (primary N) is 1. The number of pyridine rings is 1. The van der Waals surface area contributed by atoms with Crippen LogP contribution in [0, 0.1) is 0 Å². The molecular weight excluding hydrogens is 214 g/mol. The quantitative estimate of drug-likeness (QED) is 0.877. The maximum Gasteiger partial charge on any atom is 0.176 e. The van der Waals surface area contributed by atoms with E-state index in [4.69, 9.17) is 10.3 Å². The Morgan fingerprint density at radius 2 is 2.24 bits per heavy atom. The maximum atomic E-state index is 5.86. The molecule has 0 bridgehead atoms. The molecule has 4 nitrogen and oxygen atoms in total. The average molecular weight is 231 g/mol. The van der Waals surface area contributed by atoms with E-state index in [0.29, 0.717) is 11.7 Å². The minimum absolute atomic E-state index is 0.307. The normalized spacial score (nSPS) is 12.6. The van der Waals surface area contributed by atoms with E-state index < -0.39 is 0 Å². The molecular formula is C13H17N3O. The molecule has 0 saturated heterocycles. The Morgan fingerprint density at radius 1 is 1.41 bits per heavy atom. The van der Waals surface area contributed by atoms with Gasteiger partial charge in [-0.3, -0.25) is 4.98 Å². The third kappa shape index (κ3) is 2.30. The lowest BCUT2D eigenvalue weighted by Gasteiger charge is -2.08. The summed E-state index contributed by atoms with van der Waals surface area (Å²) in [5.74, 6) is 1.56. The summed E-state index contributed by atoms with van der Waals surface area (Å²) in [6, 6.07) is 5.73. The van der Waals surface area contributed by atoms with E-state index in [-0.39, 0.29) is 0 Å². The third-order valence-corrected chi connectivity index (χ3v) is 2.84. The standard InChI is InChI=1S/C13H17N3O/c1-3-6-9(2)12-11(13(14)16-17-12)10-7-4-5-8-15-10/h4-5,7-9H,3,6H2,1-2H3,(H2,14,16). The summed E-state index contributed by atoms with van der Waals surface area (Å²) in [5, 5.41) is 3.86. The first-order valence-electron chi connectivity index (χ1n) is 5.90. The molecule has 1 unspecified atom stereocenters. The summed E-state index contributed by atoms with van der Waals surface area (Å²) < 4.78 is 5.35. The van der Waals surface area contributed by atoms with Gasteiger partial charge in [0, 0.05) is 12.1 Å². The molecule has 0 aromatic carbocycles. The second kappa shape index (κ2) is 4.99. The number of rotatable bonds is 4. The van der Waals surface area contributed by atoms with Crippen molar-refractivity contribution in [2.45, 2.75) is 32.6 Å². The predicted octanol–water partition coefficient (Wildman–Crippen LogP) is 3.22. The smallest absolute Gasteiger partial charge is 0.176 e. The van der Waals surface area contributed by atoms with E-state index in [9.17, 15) is 0 Å². The highest BCUT2D eigenvalue weighted by Crippen LogP contribution is 2.34. The van der Waals surface area contributed by atoms with E-state index in [1.165, 1.54) is 0 Å². The summed E-state index contributed by atoms with van der Waals surface area (Å²) in [7, 11) is 0. The van der Waals surface area contributed by atoms with Crippen molar-refractivity contribution in [2.75, 3.05) is 5.73 Å². The number of hydrogen-bond donors (Lipinski definition) is 1. The van der Waals surface area contributed by atoms with Crippen LogP contribution >= 0.6 is 0 Å². The molecule has 2 aromatic heterocycles. The number of aromatic nitrogens is 2. The first kappa shape index (κ1) is 11.6. The van der Waals surface area contributed by atoms with Crippen molar-refractivity contribution in [3.63, 3.8) is 0 Å². The Morgan fingerprint density at radius 3 is 2.88 bits per heavy atom. The van der Waals surface area contributed by atoms with Crippen LogP contribution in [0.2, 0.25) is 0 Å². The fourth-order valence-corrected chi connectivity index (χ4v) is 1.98. The van der Waals surface area contributed by atoms with E-state index in [0.717, 1.165) is 29.9 Å². The molecule has 17 heavy (non-hydrogen) atoms. The number of nitrogen functional groups attached to an aromatic ring is 1. The zero-order chi connectivity index (χ0) is 12.3. The van der Waals surface area contributed by atoms with Crippen LogP contribution in [0.5, 0.6) is 0 Å². The van der Waals surface area contributed by atoms with Crippen LogP contribution in [0.3, 0.4) is 0 Å². The number of hydrogen-bond acceptors (Lipinski definition) is 4. The van der Waals surface area contributed by atoms with Gasteiger partial charge in [-0.25, -0.2) is 0 Å². The van der Waals surface area contributed by atoms with Gasteiger partial charge in [0.1, 0.15) is 0 Å². The van der Waals surface area contributed by atoms with Crippen molar-refractivity contribution < 1.29 is 4.52 Å². The Bertz CT molecular complexity index is 479. The molecule has 2 aromatic rings. The second-order valence-corrected chi connectivity index (χ2v) is 4.21. The van der Waals surface area contributed by atoms with Crippen LogP contribution in [0.15, 0.2) is 28.9 Å². The van der Waals surface area contributed by atoms with Crippen molar-refractivity contribution in [1.82, 2.24) is 10.1 Å². The highest BCUT2D eigenvalue weighted by molar-refractivity contribution is 5.72. The topological polar surface area (TPSA) is 64.9 Å². The van der Waals surface area contributed by atoms with Gasteiger partial charge < -0.3 is 10.3 Å². The van der Waals surface area contributed by atoms with Crippen molar-refractivity contribution >= 4 is 5.82 Å². The average Bonchev–Trinajstić information content (AvgIpc) is 2.73. The second-order valence-electron chi connectivity index (χ2n) is 4.21. The van der Waals surface area contributed by atoms with Crippen LogP contribution in [0.4, 0.5) is 5.82 Å². The summed E-state index contributed by atoms with van der Waals surface area (Å²) in [6.45, 7) is 4.27. The van der Waals surface area contributed by atoms with E-state index in [2.05, 4.69) is 24.0 Å². The largest absolute Gasteiger partial charge is 0.380 e. The molecule has 0 aliphatic carbocycles. The van der Waals surface area contributed by atoms with Crippen molar-refractivity contribution in [2.24, 2.45) is 0 Å². The maximum absolute atomic E-state index is 5.86. The van der Waals surface area contributed by atoms with Crippen molar-refractivity contribution in [3.8, 4) is 11.3 Å². The highest BCUT2D eigenvalue weighted by Gasteiger charge is 2.21. The van der Waals surface area contributed by atoms with E-state index in [1.807, 2.05) is 18.2 Å². The molecule has 4 heteroatoms. The van der Waals surface area contributed by atoms with Gasteiger partial charge in [0.2, 0.25) is 0 Å². The molecule has 0 amide bonds. The number of anilines is 1. The van der Waals surface area contributed by atoms with Gasteiger partial charge in [-0.05, 0) is 18.6 Å². The zero-order valence-electron chi connectivity index (χ0n) is 10.2. The summed E-state index contributed by atoms with van der Waals surface area (Å²) >= 11 is 0. The van der Waals surface area contributed by atoms with Crippen molar-refractivity contribution in [1.29, 1.82) is 0 Å². The molecule has 0 aliphatic heterocycles. The highest BCUT2D eigenvalue weighted by atomic mass is 16.5. The monoisotopic (exact) mass is 231 g/mol. The lowest BCUT2D eigenvalue weighted by atomic mass is 9.98. The van der Waals surface area contributed by atoms with E-state index in [1.54, 1.807) is 6.20 Å². The Labute approximate surface area is 101 Å². The predicted molar refractivity (Wildman–Crippen MR) is 67.5 cm³/mol. The van der Waals surface area contributed by atoms with Gasteiger partial charge >= 0.3 is 0 Å².